The van der Waals surface area contributed by atoms with Crippen LogP contribution in [-0.4, -0.2) is 18.7 Å². The molecule has 0 radical (unpaired) electrons. The monoisotopic (exact) mass is 116 g/mol. The Hall–Kier alpha value is -0.100. The molecule has 2 atom stereocenters. The molecule has 1 rings (SSSR count). The second-order valence-electron chi connectivity index (χ2n) is 1.60. The molecule has 40 valence electrons. The summed E-state index contributed by atoms with van der Waals surface area (Å²) in [5.41, 5.74) is 0. The first kappa shape index (κ1) is 5.04. The largest absolute Gasteiger partial charge is 0.370 e. The van der Waals surface area contributed by atoms with Gasteiger partial charge in [0.1, 0.15) is 0 Å². The summed E-state index contributed by atoms with van der Waals surface area (Å²) in [6.07, 6.45) is 2.91. The molecule has 0 spiro atoms. The van der Waals surface area contributed by atoms with Gasteiger partial charge in [-0.3, -0.25) is 4.99 Å². The van der Waals surface area contributed by atoms with Gasteiger partial charge >= 0.3 is 0 Å². The zero-order chi connectivity index (χ0) is 5.11. The van der Waals surface area contributed by atoms with Gasteiger partial charge in [-0.25, -0.2) is 0 Å². The summed E-state index contributed by atoms with van der Waals surface area (Å²) in [7, 11) is 2.70. The van der Waals surface area contributed by atoms with E-state index >= 15 is 0 Å². The van der Waals surface area contributed by atoms with Crippen molar-refractivity contribution in [1.29, 1.82) is 0 Å². The van der Waals surface area contributed by atoms with E-state index in [9.17, 15) is 0 Å². The van der Waals surface area contributed by atoms with Crippen LogP contribution in [0.2, 0.25) is 0 Å². The second-order valence-corrected chi connectivity index (χ2v) is 2.40. The van der Waals surface area contributed by atoms with Crippen LogP contribution in [0, 0.1) is 0 Å². The highest BCUT2D eigenvalue weighted by molar-refractivity contribution is 7.17. The van der Waals surface area contributed by atoms with Gasteiger partial charge in [-0.15, -0.1) is 9.24 Å². The van der Waals surface area contributed by atoms with E-state index in [1.807, 2.05) is 0 Å². The lowest BCUT2D eigenvalue weighted by Gasteiger charge is -2.12. The summed E-state index contributed by atoms with van der Waals surface area (Å²) >= 11 is 0. The number of nitrogens with one attached hydrogen (secondary N) is 1. The predicted molar refractivity (Wildman–Crippen MR) is 34.6 cm³/mol. The van der Waals surface area contributed by atoms with E-state index < -0.39 is 0 Å². The van der Waals surface area contributed by atoms with Crippen LogP contribution in [0.4, 0.5) is 0 Å². The Bertz CT molecular complexity index is 81.8. The topological polar surface area (TPSA) is 24.4 Å². The third-order valence-corrected chi connectivity index (χ3v) is 1.47. The molecule has 1 aliphatic heterocycles. The van der Waals surface area contributed by atoms with E-state index in [2.05, 4.69) is 19.5 Å². The molecule has 0 saturated heterocycles. The van der Waals surface area contributed by atoms with Crippen LogP contribution in [0.15, 0.2) is 4.99 Å². The summed E-state index contributed by atoms with van der Waals surface area (Å²) in [6.45, 7) is 0.973. The highest BCUT2D eigenvalue weighted by Crippen LogP contribution is 2.02. The fourth-order valence-electron chi connectivity index (χ4n) is 0.510. The molecule has 3 heteroatoms. The molecular formula is C4H9N2P. The van der Waals surface area contributed by atoms with Crippen LogP contribution in [-0.2, 0) is 0 Å². The van der Waals surface area contributed by atoms with Crippen molar-refractivity contribution in [3.05, 3.63) is 0 Å². The minimum atomic E-state index is 0.553. The van der Waals surface area contributed by atoms with E-state index in [0.29, 0.717) is 5.78 Å². The van der Waals surface area contributed by atoms with Gasteiger partial charge < -0.3 is 5.32 Å². The minimum absolute atomic E-state index is 0.553. The summed E-state index contributed by atoms with van der Waals surface area (Å²) in [5, 5.41) is 3.05. The van der Waals surface area contributed by atoms with Crippen molar-refractivity contribution >= 4 is 15.6 Å². The van der Waals surface area contributed by atoms with Crippen LogP contribution in [0.1, 0.15) is 6.42 Å². The van der Waals surface area contributed by atoms with Gasteiger partial charge in [0.15, 0.2) is 0 Å². The third kappa shape index (κ3) is 1.44. The van der Waals surface area contributed by atoms with E-state index in [1.165, 1.54) is 0 Å². The number of aliphatic imine (C=N–C) groups is 1. The average molecular weight is 116 g/mol. The molecule has 0 aromatic carbocycles. The first-order chi connectivity index (χ1) is 3.39. The molecule has 1 N–H and O–H groups in total. The van der Waals surface area contributed by atoms with Crippen LogP contribution < -0.4 is 5.32 Å². The van der Waals surface area contributed by atoms with Gasteiger partial charge in [0.2, 0.25) is 0 Å². The standard InChI is InChI=1S/C4H9N2P/c7-4-1-2-5-3-6-4/h3-4H,1-2,7H2,(H,5,6). The summed E-state index contributed by atoms with van der Waals surface area (Å²) < 4.78 is 0. The fraction of sp³-hybridized carbons (Fsp3) is 0.750. The molecule has 0 aromatic rings. The van der Waals surface area contributed by atoms with Crippen molar-refractivity contribution in [3.8, 4) is 0 Å². The Morgan fingerprint density at radius 3 is 3.00 bits per heavy atom. The zero-order valence-electron chi connectivity index (χ0n) is 4.09. The fourth-order valence-corrected chi connectivity index (χ4v) is 0.745. The molecule has 2 unspecified atom stereocenters. The molecule has 7 heavy (non-hydrogen) atoms. The molecule has 0 amide bonds. The van der Waals surface area contributed by atoms with Crippen molar-refractivity contribution in [2.24, 2.45) is 4.99 Å². The van der Waals surface area contributed by atoms with Gasteiger partial charge in [0, 0.05) is 12.3 Å². The summed E-state index contributed by atoms with van der Waals surface area (Å²) in [6, 6.07) is 0. The SMILES string of the molecule is PC1CCN=CN1. The highest BCUT2D eigenvalue weighted by Gasteiger charge is 1.99. The van der Waals surface area contributed by atoms with Crippen LogP contribution in [0.25, 0.3) is 0 Å². The number of nitrogens with zero attached hydrogens (tertiary/aromatic N) is 1. The Balaban J connectivity index is 2.32. The van der Waals surface area contributed by atoms with Gasteiger partial charge in [-0.05, 0) is 6.42 Å². The molecule has 1 heterocycles. The maximum absolute atomic E-state index is 3.98. The van der Waals surface area contributed by atoms with Crippen LogP contribution in [0.5, 0.6) is 0 Å². The lowest BCUT2D eigenvalue weighted by atomic mass is 10.4. The number of hydrogen-bond donors (Lipinski definition) is 1. The van der Waals surface area contributed by atoms with E-state index in [4.69, 9.17) is 0 Å². The van der Waals surface area contributed by atoms with Crippen LogP contribution in [0.3, 0.4) is 0 Å². The Morgan fingerprint density at radius 2 is 2.71 bits per heavy atom. The van der Waals surface area contributed by atoms with Gasteiger partial charge in [0.05, 0.1) is 6.34 Å². The first-order valence-electron chi connectivity index (χ1n) is 2.39. The van der Waals surface area contributed by atoms with Crippen molar-refractivity contribution in [3.63, 3.8) is 0 Å². The van der Waals surface area contributed by atoms with Crippen molar-refractivity contribution in [1.82, 2.24) is 5.32 Å². The predicted octanol–water partition coefficient (Wildman–Crippen LogP) is 0.209. The molecule has 0 fully saturated rings. The molecule has 0 aromatic heterocycles. The molecule has 2 nitrogen and oxygen atoms in total. The first-order valence-corrected chi connectivity index (χ1v) is 3.06. The quantitative estimate of drug-likeness (QED) is 0.449. The van der Waals surface area contributed by atoms with Crippen molar-refractivity contribution in [2.45, 2.75) is 12.2 Å². The second kappa shape index (κ2) is 2.27. The zero-order valence-corrected chi connectivity index (χ0v) is 5.25. The average Bonchev–Trinajstić information content (AvgIpc) is 1.69. The summed E-state index contributed by atoms with van der Waals surface area (Å²) in [5.74, 6) is 0.553. The highest BCUT2D eigenvalue weighted by atomic mass is 31.0. The maximum atomic E-state index is 3.98. The smallest absolute Gasteiger partial charge is 0.0828 e. The molecule has 0 bridgehead atoms. The lowest BCUT2D eigenvalue weighted by Crippen LogP contribution is -2.25. The van der Waals surface area contributed by atoms with Crippen molar-refractivity contribution < 1.29 is 0 Å². The Kier molecular flexibility index (Phi) is 1.64. The lowest BCUT2D eigenvalue weighted by molar-refractivity contribution is 0.709. The Labute approximate surface area is 45.6 Å². The maximum Gasteiger partial charge on any atom is 0.0828 e. The molecular weight excluding hydrogens is 107 g/mol. The van der Waals surface area contributed by atoms with E-state index in [0.717, 1.165) is 13.0 Å². The van der Waals surface area contributed by atoms with Gasteiger partial charge in [0.25, 0.3) is 0 Å². The molecule has 1 aliphatic rings. The van der Waals surface area contributed by atoms with Gasteiger partial charge in [-0.2, -0.15) is 0 Å². The molecule has 0 saturated carbocycles. The number of hydrogen-bond acceptors (Lipinski definition) is 2. The van der Waals surface area contributed by atoms with Gasteiger partial charge in [-0.1, -0.05) is 0 Å². The van der Waals surface area contributed by atoms with Crippen molar-refractivity contribution in [2.75, 3.05) is 6.54 Å². The number of rotatable bonds is 0. The normalized spacial score (nSPS) is 29.6. The molecule has 0 aliphatic carbocycles. The summed E-state index contributed by atoms with van der Waals surface area (Å²) in [4.78, 5) is 3.98. The Morgan fingerprint density at radius 1 is 1.86 bits per heavy atom. The third-order valence-electron chi connectivity index (χ3n) is 0.949. The van der Waals surface area contributed by atoms with E-state index in [1.54, 1.807) is 6.34 Å². The van der Waals surface area contributed by atoms with Crippen LogP contribution >= 0.6 is 9.24 Å². The van der Waals surface area contributed by atoms with E-state index in [-0.39, 0.29) is 0 Å². The minimum Gasteiger partial charge on any atom is -0.370 e.